The number of amides is 1. The Morgan fingerprint density at radius 3 is 2.29 bits per heavy atom. The highest BCUT2D eigenvalue weighted by molar-refractivity contribution is 5.97. The van der Waals surface area contributed by atoms with Crippen LogP contribution in [0.2, 0.25) is 0 Å². The number of esters is 1. The Morgan fingerprint density at radius 2 is 1.59 bits per heavy atom. The first kappa shape index (κ1) is 22.7. The molecule has 1 atom stereocenters. The Labute approximate surface area is 197 Å². The predicted molar refractivity (Wildman–Crippen MR) is 128 cm³/mol. The van der Waals surface area contributed by atoms with Crippen molar-refractivity contribution in [2.24, 2.45) is 0 Å². The van der Waals surface area contributed by atoms with E-state index in [0.29, 0.717) is 23.9 Å². The molecule has 0 fully saturated rings. The summed E-state index contributed by atoms with van der Waals surface area (Å²) in [5.41, 5.74) is 2.03. The Balaban J connectivity index is 1.54. The van der Waals surface area contributed by atoms with Gasteiger partial charge in [0.2, 0.25) is 0 Å². The number of ether oxygens (including phenoxy) is 2. The van der Waals surface area contributed by atoms with Crippen LogP contribution in [0.3, 0.4) is 0 Å². The number of aromatic nitrogens is 3. The standard InChI is InChI=1S/C26H24N4O4/c1-3-33-22-17-11-10-16-21(22)27-25(31)18(2)34-26(32)23-28-24(19-12-6-4-7-13-19)30(29-23)20-14-8-5-9-15-20/h4-18H,3H2,1-2H3,(H,27,31). The van der Waals surface area contributed by atoms with Gasteiger partial charge < -0.3 is 14.8 Å². The lowest BCUT2D eigenvalue weighted by atomic mass is 10.2. The van der Waals surface area contributed by atoms with Gasteiger partial charge in [0.25, 0.3) is 11.7 Å². The smallest absolute Gasteiger partial charge is 0.379 e. The van der Waals surface area contributed by atoms with E-state index in [1.807, 2.05) is 73.7 Å². The molecule has 8 heteroatoms. The van der Waals surface area contributed by atoms with Crippen LogP contribution >= 0.6 is 0 Å². The van der Waals surface area contributed by atoms with Crippen LogP contribution in [0.15, 0.2) is 84.9 Å². The molecule has 0 radical (unpaired) electrons. The van der Waals surface area contributed by atoms with Crippen molar-refractivity contribution in [3.8, 4) is 22.8 Å². The van der Waals surface area contributed by atoms with E-state index in [2.05, 4.69) is 15.4 Å². The number of benzene rings is 3. The number of hydrogen-bond donors (Lipinski definition) is 1. The number of nitrogens with zero attached hydrogens (tertiary/aromatic N) is 3. The Kier molecular flexibility index (Phi) is 6.98. The van der Waals surface area contributed by atoms with Crippen LogP contribution in [0.5, 0.6) is 5.75 Å². The number of nitrogens with one attached hydrogen (secondary N) is 1. The third-order valence-electron chi connectivity index (χ3n) is 4.92. The van der Waals surface area contributed by atoms with Crippen molar-refractivity contribution in [1.82, 2.24) is 14.8 Å². The lowest BCUT2D eigenvalue weighted by molar-refractivity contribution is -0.123. The van der Waals surface area contributed by atoms with Gasteiger partial charge in [0.1, 0.15) is 5.75 Å². The van der Waals surface area contributed by atoms with Crippen molar-refractivity contribution in [3.63, 3.8) is 0 Å². The van der Waals surface area contributed by atoms with E-state index in [-0.39, 0.29) is 5.82 Å². The quantitative estimate of drug-likeness (QED) is 0.392. The number of carbonyl (C=O) groups excluding carboxylic acids is 2. The van der Waals surface area contributed by atoms with Crippen LogP contribution in [0.4, 0.5) is 5.69 Å². The van der Waals surface area contributed by atoms with Gasteiger partial charge in [-0.3, -0.25) is 4.79 Å². The molecule has 1 unspecified atom stereocenters. The zero-order valence-electron chi connectivity index (χ0n) is 18.8. The Hall–Kier alpha value is -4.46. The number of para-hydroxylation sites is 3. The summed E-state index contributed by atoms with van der Waals surface area (Å²) in [6.45, 7) is 3.80. The zero-order chi connectivity index (χ0) is 23.9. The number of rotatable bonds is 8. The van der Waals surface area contributed by atoms with E-state index in [9.17, 15) is 9.59 Å². The minimum atomic E-state index is -1.08. The van der Waals surface area contributed by atoms with E-state index < -0.39 is 18.0 Å². The molecule has 3 aromatic carbocycles. The van der Waals surface area contributed by atoms with Crippen LogP contribution < -0.4 is 10.1 Å². The molecule has 0 aliphatic carbocycles. The summed E-state index contributed by atoms with van der Waals surface area (Å²) < 4.78 is 12.5. The van der Waals surface area contributed by atoms with Gasteiger partial charge >= 0.3 is 5.97 Å². The van der Waals surface area contributed by atoms with Gasteiger partial charge in [-0.05, 0) is 38.1 Å². The van der Waals surface area contributed by atoms with Gasteiger partial charge in [-0.25, -0.2) is 14.5 Å². The van der Waals surface area contributed by atoms with Crippen molar-refractivity contribution >= 4 is 17.6 Å². The van der Waals surface area contributed by atoms with E-state index in [4.69, 9.17) is 9.47 Å². The molecule has 4 aromatic rings. The number of hydrogen-bond acceptors (Lipinski definition) is 6. The first-order valence-electron chi connectivity index (χ1n) is 10.9. The molecular formula is C26H24N4O4. The number of anilines is 1. The summed E-state index contributed by atoms with van der Waals surface area (Å²) in [5.74, 6) is -0.412. The first-order chi connectivity index (χ1) is 16.6. The maximum atomic E-state index is 12.8. The highest BCUT2D eigenvalue weighted by Gasteiger charge is 2.25. The van der Waals surface area contributed by atoms with Gasteiger partial charge in [0.15, 0.2) is 11.9 Å². The molecule has 0 spiro atoms. The van der Waals surface area contributed by atoms with Crippen molar-refractivity contribution in [1.29, 1.82) is 0 Å². The molecule has 1 aromatic heterocycles. The lowest BCUT2D eigenvalue weighted by Gasteiger charge is -2.15. The molecule has 8 nitrogen and oxygen atoms in total. The fraction of sp³-hybridized carbons (Fsp3) is 0.154. The summed E-state index contributed by atoms with van der Waals surface area (Å²) in [4.78, 5) is 29.9. The largest absolute Gasteiger partial charge is 0.492 e. The van der Waals surface area contributed by atoms with Gasteiger partial charge in [0, 0.05) is 5.56 Å². The normalized spacial score (nSPS) is 11.5. The van der Waals surface area contributed by atoms with E-state index in [0.717, 1.165) is 11.3 Å². The second-order valence-electron chi connectivity index (χ2n) is 7.34. The molecule has 172 valence electrons. The van der Waals surface area contributed by atoms with E-state index in [1.54, 1.807) is 22.9 Å². The second-order valence-corrected chi connectivity index (χ2v) is 7.34. The molecule has 0 saturated heterocycles. The van der Waals surface area contributed by atoms with E-state index >= 15 is 0 Å². The average Bonchev–Trinajstić information content (AvgIpc) is 3.32. The third-order valence-corrected chi connectivity index (χ3v) is 4.92. The highest BCUT2D eigenvalue weighted by atomic mass is 16.5. The van der Waals surface area contributed by atoms with Gasteiger partial charge in [-0.15, -0.1) is 5.10 Å². The summed E-state index contributed by atoms with van der Waals surface area (Å²) in [6, 6.07) is 25.8. The molecular weight excluding hydrogens is 432 g/mol. The fourth-order valence-electron chi connectivity index (χ4n) is 3.27. The van der Waals surface area contributed by atoms with Crippen LogP contribution in [0, 0.1) is 0 Å². The van der Waals surface area contributed by atoms with E-state index in [1.165, 1.54) is 6.92 Å². The van der Waals surface area contributed by atoms with Crippen molar-refractivity contribution in [2.45, 2.75) is 20.0 Å². The van der Waals surface area contributed by atoms with Crippen molar-refractivity contribution < 1.29 is 19.1 Å². The average molecular weight is 457 g/mol. The monoisotopic (exact) mass is 456 g/mol. The Morgan fingerprint density at radius 1 is 0.941 bits per heavy atom. The van der Waals surface area contributed by atoms with Crippen LogP contribution in [0.1, 0.15) is 24.5 Å². The van der Waals surface area contributed by atoms with Gasteiger partial charge in [0.05, 0.1) is 18.0 Å². The third kappa shape index (κ3) is 5.12. The molecule has 34 heavy (non-hydrogen) atoms. The van der Waals surface area contributed by atoms with Crippen molar-refractivity contribution in [2.75, 3.05) is 11.9 Å². The predicted octanol–water partition coefficient (Wildman–Crippen LogP) is 4.52. The van der Waals surface area contributed by atoms with Crippen LogP contribution in [0.25, 0.3) is 17.1 Å². The fourth-order valence-corrected chi connectivity index (χ4v) is 3.27. The summed E-state index contributed by atoms with van der Waals surface area (Å²) >= 11 is 0. The molecule has 0 bridgehead atoms. The lowest BCUT2D eigenvalue weighted by Crippen LogP contribution is -2.30. The van der Waals surface area contributed by atoms with Crippen LogP contribution in [-0.2, 0) is 9.53 Å². The highest BCUT2D eigenvalue weighted by Crippen LogP contribution is 2.24. The number of carbonyl (C=O) groups is 2. The molecule has 0 aliphatic heterocycles. The summed E-state index contributed by atoms with van der Waals surface area (Å²) in [6.07, 6.45) is -1.08. The molecule has 1 amide bonds. The van der Waals surface area contributed by atoms with Crippen LogP contribution in [-0.4, -0.2) is 39.4 Å². The molecule has 1 N–H and O–H groups in total. The minimum absolute atomic E-state index is 0.142. The van der Waals surface area contributed by atoms with Gasteiger partial charge in [-0.2, -0.15) is 0 Å². The SMILES string of the molecule is CCOc1ccccc1NC(=O)C(C)OC(=O)c1nc(-c2ccccc2)n(-c2ccccc2)n1. The topological polar surface area (TPSA) is 95.3 Å². The maximum absolute atomic E-state index is 12.8. The minimum Gasteiger partial charge on any atom is -0.492 e. The molecule has 4 rings (SSSR count). The second kappa shape index (κ2) is 10.4. The molecule has 1 heterocycles. The Bertz CT molecular complexity index is 1220. The summed E-state index contributed by atoms with van der Waals surface area (Å²) in [5, 5.41) is 7.10. The zero-order valence-corrected chi connectivity index (χ0v) is 18.8. The van der Waals surface area contributed by atoms with Crippen molar-refractivity contribution in [3.05, 3.63) is 90.8 Å². The molecule has 0 saturated carbocycles. The molecule has 0 aliphatic rings. The van der Waals surface area contributed by atoms with Gasteiger partial charge in [-0.1, -0.05) is 60.7 Å². The maximum Gasteiger partial charge on any atom is 0.379 e. The first-order valence-corrected chi connectivity index (χ1v) is 10.9. The summed E-state index contributed by atoms with van der Waals surface area (Å²) in [7, 11) is 0.